The lowest BCUT2D eigenvalue weighted by Crippen LogP contribution is -2.45. The third-order valence-electron chi connectivity index (χ3n) is 7.22. The van der Waals surface area contributed by atoms with Crippen molar-refractivity contribution >= 4 is 23.0 Å². The molecule has 2 aliphatic rings. The van der Waals surface area contributed by atoms with Crippen LogP contribution in [-0.2, 0) is 12.0 Å². The third kappa shape index (κ3) is 4.31. The second-order valence-electron chi connectivity index (χ2n) is 9.34. The predicted molar refractivity (Wildman–Crippen MR) is 130 cm³/mol. The highest BCUT2D eigenvalue weighted by atomic mass is 19.1. The molecule has 1 saturated heterocycles. The number of halogens is 1. The molecule has 0 radical (unpaired) electrons. The summed E-state index contributed by atoms with van der Waals surface area (Å²) in [5, 5.41) is 21.9. The first kappa shape index (κ1) is 23.6. The number of benzene rings is 3. The number of nitrogens with zero attached hydrogens (tertiary/aromatic N) is 4. The second kappa shape index (κ2) is 9.12. The Morgan fingerprint density at radius 3 is 2.06 bits per heavy atom. The minimum absolute atomic E-state index is 0.0544. The molecule has 0 N–H and O–H groups in total. The van der Waals surface area contributed by atoms with E-state index in [9.17, 15) is 29.4 Å². The number of likely N-dealkylation sites (tertiary alicyclic amines) is 1. The molecule has 0 saturated carbocycles. The first-order chi connectivity index (χ1) is 17.3. The number of hydrogen-bond acceptors (Lipinski definition) is 6. The number of nitro benzene ring substituents is 2. The zero-order valence-corrected chi connectivity index (χ0v) is 19.3. The van der Waals surface area contributed by atoms with Crippen molar-refractivity contribution in [3.05, 3.63) is 109 Å². The van der Waals surface area contributed by atoms with Gasteiger partial charge in [-0.25, -0.2) is 4.39 Å². The lowest BCUT2D eigenvalue weighted by Gasteiger charge is -2.40. The average molecular weight is 490 g/mol. The summed E-state index contributed by atoms with van der Waals surface area (Å²) >= 11 is 0. The zero-order chi connectivity index (χ0) is 25.4. The van der Waals surface area contributed by atoms with Crippen LogP contribution < -0.4 is 4.90 Å². The number of amides is 1. The van der Waals surface area contributed by atoms with Gasteiger partial charge in [0.05, 0.1) is 9.85 Å². The Bertz CT molecular complexity index is 1340. The largest absolute Gasteiger partial charge is 0.307 e. The molecule has 0 unspecified atom stereocenters. The summed E-state index contributed by atoms with van der Waals surface area (Å²) in [6.07, 6.45) is 1.45. The van der Waals surface area contributed by atoms with Gasteiger partial charge in [-0.1, -0.05) is 12.1 Å². The molecule has 0 atom stereocenters. The van der Waals surface area contributed by atoms with Gasteiger partial charge in [-0.05, 0) is 67.4 Å². The maximum absolute atomic E-state index is 14.3. The number of nitro groups is 2. The van der Waals surface area contributed by atoms with Crippen LogP contribution in [0.4, 0.5) is 21.5 Å². The second-order valence-corrected chi connectivity index (χ2v) is 9.34. The fourth-order valence-corrected chi connectivity index (χ4v) is 5.25. The van der Waals surface area contributed by atoms with Crippen LogP contribution in [0.15, 0.2) is 66.7 Å². The summed E-state index contributed by atoms with van der Waals surface area (Å²) in [5.74, 6) is -0.631. The van der Waals surface area contributed by atoms with Gasteiger partial charge in [0.15, 0.2) is 0 Å². The highest BCUT2D eigenvalue weighted by Gasteiger charge is 2.46. The van der Waals surface area contributed by atoms with Gasteiger partial charge in [0.2, 0.25) is 0 Å². The molecular weight excluding hydrogens is 467 g/mol. The van der Waals surface area contributed by atoms with E-state index in [4.69, 9.17) is 0 Å². The maximum atomic E-state index is 14.3. The van der Waals surface area contributed by atoms with E-state index >= 15 is 0 Å². The Labute approximate surface area is 206 Å². The molecule has 3 aromatic carbocycles. The number of non-ortho nitro benzene ring substituents is 2. The van der Waals surface area contributed by atoms with Gasteiger partial charge >= 0.3 is 0 Å². The molecule has 2 aliphatic heterocycles. The van der Waals surface area contributed by atoms with Crippen LogP contribution >= 0.6 is 0 Å². The molecule has 2 heterocycles. The summed E-state index contributed by atoms with van der Waals surface area (Å²) in [6, 6.07) is 16.5. The van der Waals surface area contributed by atoms with E-state index < -0.39 is 9.85 Å². The molecule has 184 valence electrons. The number of anilines is 1. The van der Waals surface area contributed by atoms with Gasteiger partial charge in [-0.15, -0.1) is 0 Å². The zero-order valence-electron chi connectivity index (χ0n) is 19.3. The van der Waals surface area contributed by atoms with Crippen molar-refractivity contribution in [2.45, 2.75) is 24.8 Å². The summed E-state index contributed by atoms with van der Waals surface area (Å²) in [4.78, 5) is 38.2. The number of fused-ring (bicyclic) bond motifs is 2. The van der Waals surface area contributed by atoms with Crippen LogP contribution in [0, 0.1) is 26.0 Å². The van der Waals surface area contributed by atoms with Crippen LogP contribution in [0.5, 0.6) is 0 Å². The van der Waals surface area contributed by atoms with Crippen LogP contribution in [0.2, 0.25) is 0 Å². The molecule has 9 nitrogen and oxygen atoms in total. The number of rotatable bonds is 5. The summed E-state index contributed by atoms with van der Waals surface area (Å²) < 4.78 is 14.3. The van der Waals surface area contributed by atoms with Gasteiger partial charge < -0.3 is 4.90 Å². The molecule has 10 heteroatoms. The number of piperidine rings is 1. The highest BCUT2D eigenvalue weighted by molar-refractivity contribution is 6.07. The van der Waals surface area contributed by atoms with Crippen molar-refractivity contribution in [2.75, 3.05) is 24.5 Å². The number of hydrogen-bond donors (Lipinski definition) is 0. The van der Waals surface area contributed by atoms with Crippen molar-refractivity contribution in [3.63, 3.8) is 0 Å². The molecule has 5 rings (SSSR count). The Balaban J connectivity index is 1.34. The van der Waals surface area contributed by atoms with E-state index in [2.05, 4.69) is 4.90 Å². The minimum Gasteiger partial charge on any atom is -0.307 e. The number of carbonyl (C=O) groups is 1. The molecule has 3 aromatic rings. The third-order valence-corrected chi connectivity index (χ3v) is 7.22. The molecule has 0 bridgehead atoms. The molecule has 1 spiro atoms. The monoisotopic (exact) mass is 490 g/mol. The van der Waals surface area contributed by atoms with Crippen LogP contribution in [-0.4, -0.2) is 40.3 Å². The van der Waals surface area contributed by atoms with Gasteiger partial charge in [0.25, 0.3) is 17.3 Å². The van der Waals surface area contributed by atoms with E-state index in [-0.39, 0.29) is 28.5 Å². The van der Waals surface area contributed by atoms with Crippen molar-refractivity contribution < 1.29 is 19.0 Å². The Morgan fingerprint density at radius 2 is 1.47 bits per heavy atom. The Morgan fingerprint density at radius 1 is 0.889 bits per heavy atom. The van der Waals surface area contributed by atoms with E-state index in [0.717, 1.165) is 37.1 Å². The van der Waals surface area contributed by atoms with Crippen molar-refractivity contribution in [2.24, 2.45) is 0 Å². The SMILES string of the molecule is O=C(c1ccc([N+](=O)[O-])cc1)N1CC2(CCN(Cc3ccc([N+](=O)[O-])cc3)CC2)c2cc(F)ccc21. The van der Waals surface area contributed by atoms with E-state index in [0.29, 0.717) is 24.3 Å². The molecule has 1 amide bonds. The van der Waals surface area contributed by atoms with E-state index in [1.165, 1.54) is 48.5 Å². The van der Waals surface area contributed by atoms with E-state index in [1.807, 2.05) is 0 Å². The molecule has 1 fully saturated rings. The minimum atomic E-state index is -0.512. The van der Waals surface area contributed by atoms with Crippen LogP contribution in [0.3, 0.4) is 0 Å². The van der Waals surface area contributed by atoms with Gasteiger partial charge in [0.1, 0.15) is 5.82 Å². The molecule has 0 aromatic heterocycles. The standard InChI is InChI=1S/C26H23FN4O5/c27-20-5-10-24-23(15-20)26(17-29(24)25(32)19-3-8-22(9-4-19)31(35)36)11-13-28(14-12-26)16-18-1-6-21(7-2-18)30(33)34/h1-10,15H,11-14,16-17H2. The van der Waals surface area contributed by atoms with Crippen molar-refractivity contribution in [1.82, 2.24) is 4.90 Å². The normalized spacial score (nSPS) is 16.6. The average Bonchev–Trinajstić information content (AvgIpc) is 3.18. The van der Waals surface area contributed by atoms with Gasteiger partial charge in [-0.2, -0.15) is 0 Å². The fourth-order valence-electron chi connectivity index (χ4n) is 5.25. The molecule has 36 heavy (non-hydrogen) atoms. The Hall–Kier alpha value is -4.18. The van der Waals surface area contributed by atoms with Crippen molar-refractivity contribution in [3.8, 4) is 0 Å². The van der Waals surface area contributed by atoms with E-state index in [1.54, 1.807) is 23.1 Å². The van der Waals surface area contributed by atoms with Crippen LogP contribution in [0.25, 0.3) is 0 Å². The lowest BCUT2D eigenvalue weighted by molar-refractivity contribution is -0.385. The van der Waals surface area contributed by atoms with Gasteiger partial charge in [-0.3, -0.25) is 29.9 Å². The summed E-state index contributed by atoms with van der Waals surface area (Å²) in [7, 11) is 0. The molecule has 0 aliphatic carbocycles. The Kier molecular flexibility index (Phi) is 5.97. The van der Waals surface area contributed by atoms with Gasteiger partial charge in [0, 0.05) is 54.0 Å². The quantitative estimate of drug-likeness (QED) is 0.374. The highest BCUT2D eigenvalue weighted by Crippen LogP contribution is 2.48. The maximum Gasteiger partial charge on any atom is 0.269 e. The summed E-state index contributed by atoms with van der Waals surface area (Å²) in [6.45, 7) is 2.52. The fraction of sp³-hybridized carbons (Fsp3) is 0.269. The topological polar surface area (TPSA) is 110 Å². The molecular formula is C26H23FN4O5. The van der Waals surface area contributed by atoms with Crippen LogP contribution in [0.1, 0.15) is 34.3 Å². The van der Waals surface area contributed by atoms with Crippen molar-refractivity contribution in [1.29, 1.82) is 0 Å². The lowest BCUT2D eigenvalue weighted by atomic mass is 9.74. The summed E-state index contributed by atoms with van der Waals surface area (Å²) in [5.41, 5.74) is 2.37. The first-order valence-electron chi connectivity index (χ1n) is 11.6. The first-order valence-corrected chi connectivity index (χ1v) is 11.6. The smallest absolute Gasteiger partial charge is 0.269 e. The number of carbonyl (C=O) groups excluding carboxylic acids is 1. The predicted octanol–water partition coefficient (Wildman–Crippen LogP) is 4.84.